The first-order chi connectivity index (χ1) is 9.43. The van der Waals surface area contributed by atoms with Gasteiger partial charge >= 0.3 is 6.18 Å². The van der Waals surface area contributed by atoms with Crippen molar-refractivity contribution in [1.82, 2.24) is 14.8 Å². The Hall–Kier alpha value is -1.85. The lowest BCUT2D eigenvalue weighted by molar-refractivity contribution is -0.137. The molecule has 1 aliphatic rings. The fraction of sp³-hybridized carbons (Fsp3) is 0.429. The van der Waals surface area contributed by atoms with Crippen LogP contribution in [0.3, 0.4) is 0 Å². The van der Waals surface area contributed by atoms with Crippen LogP contribution >= 0.6 is 0 Å². The lowest BCUT2D eigenvalue weighted by Gasteiger charge is -2.17. The van der Waals surface area contributed by atoms with E-state index >= 15 is 0 Å². The van der Waals surface area contributed by atoms with E-state index in [9.17, 15) is 13.2 Å². The first kappa shape index (κ1) is 13.1. The molecule has 20 heavy (non-hydrogen) atoms. The Balaban J connectivity index is 1.98. The van der Waals surface area contributed by atoms with Gasteiger partial charge in [0, 0.05) is 18.5 Å². The molecule has 1 aromatic heterocycles. The van der Waals surface area contributed by atoms with Gasteiger partial charge in [0.2, 0.25) is 0 Å². The number of aryl methyl sites for hydroxylation is 1. The summed E-state index contributed by atoms with van der Waals surface area (Å²) in [6, 6.07) is 5.16. The van der Waals surface area contributed by atoms with E-state index in [1.54, 1.807) is 10.7 Å². The Bertz CT molecular complexity index is 631. The number of halogens is 3. The summed E-state index contributed by atoms with van der Waals surface area (Å²) in [5.74, 6) is 1.78. The molecule has 0 fully saturated rings. The van der Waals surface area contributed by atoms with Crippen LogP contribution in [0.25, 0.3) is 11.4 Å². The van der Waals surface area contributed by atoms with Crippen LogP contribution in [0, 0.1) is 5.92 Å². The van der Waals surface area contributed by atoms with Crippen LogP contribution in [0.5, 0.6) is 0 Å². The second-order valence-corrected chi connectivity index (χ2v) is 5.25. The van der Waals surface area contributed by atoms with Crippen molar-refractivity contribution in [3.8, 4) is 11.4 Å². The normalized spacial score (nSPS) is 18.9. The number of alkyl halides is 3. The lowest BCUT2D eigenvalue weighted by Crippen LogP contribution is -2.18. The summed E-state index contributed by atoms with van der Waals surface area (Å²) >= 11 is 0. The number of hydrogen-bond acceptors (Lipinski definition) is 2. The van der Waals surface area contributed by atoms with E-state index in [-0.39, 0.29) is 0 Å². The fourth-order valence-corrected chi connectivity index (χ4v) is 2.42. The van der Waals surface area contributed by atoms with Crippen molar-refractivity contribution in [2.24, 2.45) is 5.92 Å². The van der Waals surface area contributed by atoms with E-state index in [1.807, 2.05) is 0 Å². The zero-order chi connectivity index (χ0) is 14.3. The van der Waals surface area contributed by atoms with Gasteiger partial charge in [-0.15, -0.1) is 0 Å². The molecule has 2 heterocycles. The maximum atomic E-state index is 12.7. The van der Waals surface area contributed by atoms with Gasteiger partial charge in [-0.25, -0.2) is 9.67 Å². The second-order valence-electron chi connectivity index (χ2n) is 5.25. The Morgan fingerprint density at radius 1 is 1.30 bits per heavy atom. The molecule has 0 spiro atoms. The minimum absolute atomic E-state index is 0.375. The van der Waals surface area contributed by atoms with Gasteiger partial charge in [-0.1, -0.05) is 19.1 Å². The molecule has 0 amide bonds. The summed E-state index contributed by atoms with van der Waals surface area (Å²) < 4.78 is 39.9. The van der Waals surface area contributed by atoms with Crippen molar-refractivity contribution in [1.29, 1.82) is 0 Å². The monoisotopic (exact) mass is 281 g/mol. The summed E-state index contributed by atoms with van der Waals surface area (Å²) in [5, 5.41) is 4.32. The van der Waals surface area contributed by atoms with Crippen molar-refractivity contribution < 1.29 is 13.2 Å². The van der Waals surface area contributed by atoms with Gasteiger partial charge < -0.3 is 0 Å². The van der Waals surface area contributed by atoms with Crippen LogP contribution < -0.4 is 0 Å². The fourth-order valence-electron chi connectivity index (χ4n) is 2.42. The maximum absolute atomic E-state index is 12.7. The van der Waals surface area contributed by atoms with Gasteiger partial charge in [-0.05, 0) is 24.5 Å². The lowest BCUT2D eigenvalue weighted by atomic mass is 10.0. The van der Waals surface area contributed by atoms with E-state index < -0.39 is 11.7 Å². The van der Waals surface area contributed by atoms with Gasteiger partial charge in [-0.3, -0.25) is 0 Å². The summed E-state index contributed by atoms with van der Waals surface area (Å²) in [6.07, 6.45) is -2.49. The predicted molar refractivity (Wildman–Crippen MR) is 67.9 cm³/mol. The molecular weight excluding hydrogens is 267 g/mol. The van der Waals surface area contributed by atoms with Crippen LogP contribution in [0.2, 0.25) is 0 Å². The average Bonchev–Trinajstić information content (AvgIpc) is 2.81. The van der Waals surface area contributed by atoms with Crippen LogP contribution in [-0.2, 0) is 19.1 Å². The Morgan fingerprint density at radius 3 is 2.85 bits per heavy atom. The summed E-state index contributed by atoms with van der Waals surface area (Å²) in [6.45, 7) is 2.92. The number of benzene rings is 1. The Morgan fingerprint density at radius 2 is 2.10 bits per heavy atom. The predicted octanol–water partition coefficient (Wildman–Crippen LogP) is 3.55. The molecule has 0 bridgehead atoms. The second kappa shape index (κ2) is 4.61. The summed E-state index contributed by atoms with van der Waals surface area (Å²) in [7, 11) is 0. The van der Waals surface area contributed by atoms with Crippen LogP contribution in [0.4, 0.5) is 13.2 Å². The molecule has 3 rings (SSSR count). The molecule has 0 saturated carbocycles. The molecule has 0 radical (unpaired) electrons. The molecule has 0 aliphatic carbocycles. The minimum Gasteiger partial charge on any atom is -0.249 e. The molecule has 106 valence electrons. The SMILES string of the molecule is CC1CCn2nc(-c3cccc(C(F)(F)F)c3)nc2C1. The molecule has 2 aromatic rings. The van der Waals surface area contributed by atoms with Crippen molar-refractivity contribution >= 4 is 0 Å². The van der Waals surface area contributed by atoms with E-state index in [0.29, 0.717) is 17.3 Å². The number of fused-ring (bicyclic) bond motifs is 1. The van der Waals surface area contributed by atoms with Crippen molar-refractivity contribution in [2.45, 2.75) is 32.5 Å². The molecule has 3 nitrogen and oxygen atoms in total. The first-order valence-corrected chi connectivity index (χ1v) is 6.55. The quantitative estimate of drug-likeness (QED) is 0.800. The van der Waals surface area contributed by atoms with Crippen molar-refractivity contribution in [2.75, 3.05) is 0 Å². The molecule has 0 N–H and O–H groups in total. The Labute approximate surface area is 114 Å². The van der Waals surface area contributed by atoms with Gasteiger partial charge in [0.1, 0.15) is 5.82 Å². The van der Waals surface area contributed by atoms with Gasteiger partial charge in [0.15, 0.2) is 5.82 Å². The molecule has 1 unspecified atom stereocenters. The smallest absolute Gasteiger partial charge is 0.249 e. The highest BCUT2D eigenvalue weighted by Crippen LogP contribution is 2.31. The minimum atomic E-state index is -4.34. The third-order valence-corrected chi connectivity index (χ3v) is 3.56. The summed E-state index contributed by atoms with van der Waals surface area (Å²) in [4.78, 5) is 4.38. The average molecular weight is 281 g/mol. The van der Waals surface area contributed by atoms with Gasteiger partial charge in [0.25, 0.3) is 0 Å². The zero-order valence-corrected chi connectivity index (χ0v) is 11.0. The standard InChI is InChI=1S/C14H14F3N3/c1-9-5-6-20-12(7-9)18-13(19-20)10-3-2-4-11(8-10)14(15,16)17/h2-4,8-9H,5-7H2,1H3. The van der Waals surface area contributed by atoms with E-state index in [2.05, 4.69) is 17.0 Å². The molecule has 6 heteroatoms. The van der Waals surface area contributed by atoms with Crippen LogP contribution in [0.1, 0.15) is 24.7 Å². The molecule has 1 aromatic carbocycles. The van der Waals surface area contributed by atoms with Crippen molar-refractivity contribution in [3.05, 3.63) is 35.7 Å². The van der Waals surface area contributed by atoms with E-state index in [1.165, 1.54) is 6.07 Å². The molecular formula is C14H14F3N3. The maximum Gasteiger partial charge on any atom is 0.416 e. The number of aromatic nitrogens is 3. The van der Waals surface area contributed by atoms with Gasteiger partial charge in [0.05, 0.1) is 5.56 Å². The summed E-state index contributed by atoms with van der Waals surface area (Å²) in [5.41, 5.74) is -0.259. The van der Waals surface area contributed by atoms with E-state index in [4.69, 9.17) is 0 Å². The van der Waals surface area contributed by atoms with Crippen LogP contribution in [0.15, 0.2) is 24.3 Å². The molecule has 0 saturated heterocycles. The topological polar surface area (TPSA) is 30.7 Å². The first-order valence-electron chi connectivity index (χ1n) is 6.55. The highest BCUT2D eigenvalue weighted by Gasteiger charge is 2.31. The highest BCUT2D eigenvalue weighted by molar-refractivity contribution is 5.56. The van der Waals surface area contributed by atoms with Crippen LogP contribution in [-0.4, -0.2) is 14.8 Å². The number of hydrogen-bond donors (Lipinski definition) is 0. The Kier molecular flexibility index (Phi) is 3.03. The van der Waals surface area contributed by atoms with Crippen molar-refractivity contribution in [3.63, 3.8) is 0 Å². The number of nitrogens with zero attached hydrogens (tertiary/aromatic N) is 3. The molecule has 1 aliphatic heterocycles. The largest absolute Gasteiger partial charge is 0.416 e. The van der Waals surface area contributed by atoms with E-state index in [0.717, 1.165) is 37.3 Å². The third kappa shape index (κ3) is 2.42. The third-order valence-electron chi connectivity index (χ3n) is 3.56. The zero-order valence-electron chi connectivity index (χ0n) is 11.0. The van der Waals surface area contributed by atoms with Gasteiger partial charge in [-0.2, -0.15) is 18.3 Å². The highest BCUT2D eigenvalue weighted by atomic mass is 19.4. The molecule has 1 atom stereocenters. The number of rotatable bonds is 1.